The van der Waals surface area contributed by atoms with Crippen LogP contribution in [0.1, 0.15) is 12.0 Å². The van der Waals surface area contributed by atoms with Gasteiger partial charge in [-0.3, -0.25) is 4.79 Å². The normalized spacial score (nSPS) is 14.8. The smallest absolute Gasteiger partial charge is 0.223 e. The molecule has 1 heterocycles. The molecule has 0 N–H and O–H groups in total. The largest absolute Gasteiger partial charge is 0.367 e. The second-order valence-corrected chi connectivity index (χ2v) is 6.73. The summed E-state index contributed by atoms with van der Waals surface area (Å²) in [6, 6.07) is 15.5. The van der Waals surface area contributed by atoms with Crippen molar-refractivity contribution in [2.24, 2.45) is 0 Å². The molecule has 24 heavy (non-hydrogen) atoms. The number of benzene rings is 2. The number of halogens is 2. The first-order valence-corrected chi connectivity index (χ1v) is 8.91. The predicted octanol–water partition coefficient (Wildman–Crippen LogP) is 4.27. The van der Waals surface area contributed by atoms with Crippen molar-refractivity contribution >= 4 is 34.8 Å². The van der Waals surface area contributed by atoms with Crippen LogP contribution in [0.5, 0.6) is 0 Å². The Morgan fingerprint density at radius 2 is 1.50 bits per heavy atom. The highest BCUT2D eigenvalue weighted by atomic mass is 35.5. The Balaban J connectivity index is 1.52. The number of carbonyl (C=O) groups excluding carboxylic acids is 1. The van der Waals surface area contributed by atoms with Crippen LogP contribution in [0, 0.1) is 0 Å². The van der Waals surface area contributed by atoms with Gasteiger partial charge in [-0.1, -0.05) is 53.5 Å². The van der Waals surface area contributed by atoms with Crippen molar-refractivity contribution in [2.45, 2.75) is 12.8 Å². The van der Waals surface area contributed by atoms with Crippen LogP contribution in [0.25, 0.3) is 0 Å². The van der Waals surface area contributed by atoms with E-state index >= 15 is 0 Å². The van der Waals surface area contributed by atoms with E-state index in [2.05, 4.69) is 4.90 Å². The van der Waals surface area contributed by atoms with E-state index in [1.165, 1.54) is 0 Å². The summed E-state index contributed by atoms with van der Waals surface area (Å²) in [7, 11) is 0. The number of anilines is 1. The number of carbonyl (C=O) groups is 1. The SMILES string of the molecule is O=C(CCc1ccccc1Cl)N1CCN(c2ccccc2Cl)CC1. The zero-order valence-electron chi connectivity index (χ0n) is 13.4. The van der Waals surface area contributed by atoms with Crippen molar-refractivity contribution in [1.82, 2.24) is 4.90 Å². The second-order valence-electron chi connectivity index (χ2n) is 5.91. The van der Waals surface area contributed by atoms with Crippen molar-refractivity contribution in [3.63, 3.8) is 0 Å². The van der Waals surface area contributed by atoms with Gasteiger partial charge in [0.25, 0.3) is 0 Å². The van der Waals surface area contributed by atoms with Crippen molar-refractivity contribution in [3.05, 3.63) is 64.1 Å². The number of para-hydroxylation sites is 1. The number of piperazine rings is 1. The number of nitrogens with zero attached hydrogens (tertiary/aromatic N) is 2. The maximum Gasteiger partial charge on any atom is 0.223 e. The Bertz CT molecular complexity index is 712. The quantitative estimate of drug-likeness (QED) is 0.810. The van der Waals surface area contributed by atoms with Gasteiger partial charge < -0.3 is 9.80 Å². The molecule has 126 valence electrons. The Kier molecular flexibility index (Phi) is 5.64. The van der Waals surface area contributed by atoms with Crippen molar-refractivity contribution < 1.29 is 4.79 Å². The van der Waals surface area contributed by atoms with Gasteiger partial charge in [0.15, 0.2) is 0 Å². The molecule has 0 atom stereocenters. The second kappa shape index (κ2) is 7.91. The molecule has 0 unspecified atom stereocenters. The van der Waals surface area contributed by atoms with Crippen LogP contribution in [0.4, 0.5) is 5.69 Å². The zero-order chi connectivity index (χ0) is 16.9. The molecule has 1 saturated heterocycles. The van der Waals surface area contributed by atoms with Crippen LogP contribution < -0.4 is 4.90 Å². The summed E-state index contributed by atoms with van der Waals surface area (Å²) in [5.41, 5.74) is 2.07. The molecule has 2 aromatic rings. The lowest BCUT2D eigenvalue weighted by Crippen LogP contribution is -2.48. The van der Waals surface area contributed by atoms with Gasteiger partial charge in [0.2, 0.25) is 5.91 Å². The van der Waals surface area contributed by atoms with Crippen LogP contribution >= 0.6 is 23.2 Å². The number of aryl methyl sites for hydroxylation is 1. The van der Waals surface area contributed by atoms with E-state index < -0.39 is 0 Å². The van der Waals surface area contributed by atoms with E-state index in [1.54, 1.807) is 0 Å². The first-order valence-electron chi connectivity index (χ1n) is 8.16. The molecule has 0 aliphatic carbocycles. The van der Waals surface area contributed by atoms with Crippen molar-refractivity contribution in [2.75, 3.05) is 31.1 Å². The number of rotatable bonds is 4. The number of hydrogen-bond acceptors (Lipinski definition) is 2. The topological polar surface area (TPSA) is 23.6 Å². The summed E-state index contributed by atoms with van der Waals surface area (Å²) in [6.07, 6.45) is 1.18. The molecule has 1 aliphatic heterocycles. The molecule has 0 bridgehead atoms. The molecule has 0 saturated carbocycles. The predicted molar refractivity (Wildman–Crippen MR) is 100 cm³/mol. The summed E-state index contributed by atoms with van der Waals surface area (Å²) in [4.78, 5) is 16.6. The van der Waals surface area contributed by atoms with Gasteiger partial charge in [-0.15, -0.1) is 0 Å². The fourth-order valence-electron chi connectivity index (χ4n) is 3.01. The van der Waals surface area contributed by atoms with Gasteiger partial charge >= 0.3 is 0 Å². The van der Waals surface area contributed by atoms with E-state index in [4.69, 9.17) is 23.2 Å². The van der Waals surface area contributed by atoms with E-state index in [0.29, 0.717) is 12.8 Å². The Hall–Kier alpha value is -1.71. The molecule has 0 spiro atoms. The standard InChI is InChI=1S/C19H20Cl2N2O/c20-16-6-2-1-5-15(16)9-10-19(24)23-13-11-22(12-14-23)18-8-4-3-7-17(18)21/h1-8H,9-14H2. The van der Waals surface area contributed by atoms with Crippen molar-refractivity contribution in [3.8, 4) is 0 Å². The molecule has 5 heteroatoms. The maximum atomic E-state index is 12.4. The third-order valence-electron chi connectivity index (χ3n) is 4.39. The van der Waals surface area contributed by atoms with E-state index in [9.17, 15) is 4.79 Å². The summed E-state index contributed by atoms with van der Waals surface area (Å²) >= 11 is 12.4. The molecule has 2 aromatic carbocycles. The van der Waals surface area contributed by atoms with E-state index in [1.807, 2.05) is 53.4 Å². The third kappa shape index (κ3) is 4.03. The lowest BCUT2D eigenvalue weighted by Gasteiger charge is -2.36. The van der Waals surface area contributed by atoms with E-state index in [0.717, 1.165) is 47.5 Å². The zero-order valence-corrected chi connectivity index (χ0v) is 14.9. The van der Waals surface area contributed by atoms with Gasteiger partial charge in [-0.25, -0.2) is 0 Å². The molecule has 0 aromatic heterocycles. The average Bonchev–Trinajstić information content (AvgIpc) is 2.61. The minimum atomic E-state index is 0.189. The summed E-state index contributed by atoms with van der Waals surface area (Å²) in [5, 5.41) is 1.49. The lowest BCUT2D eigenvalue weighted by molar-refractivity contribution is -0.131. The van der Waals surface area contributed by atoms with Gasteiger partial charge in [-0.2, -0.15) is 0 Å². The summed E-state index contributed by atoms with van der Waals surface area (Å²) in [5.74, 6) is 0.189. The Morgan fingerprint density at radius 1 is 0.875 bits per heavy atom. The molecule has 1 amide bonds. The number of amides is 1. The molecular formula is C19H20Cl2N2O. The van der Waals surface area contributed by atoms with E-state index in [-0.39, 0.29) is 5.91 Å². The van der Waals surface area contributed by atoms with Crippen LogP contribution in [0.3, 0.4) is 0 Å². The highest BCUT2D eigenvalue weighted by Gasteiger charge is 2.22. The van der Waals surface area contributed by atoms with Gasteiger partial charge in [0.1, 0.15) is 0 Å². The van der Waals surface area contributed by atoms with Crippen LogP contribution in [0.2, 0.25) is 10.0 Å². The van der Waals surface area contributed by atoms with Gasteiger partial charge in [-0.05, 0) is 30.2 Å². The first kappa shape index (κ1) is 17.1. The number of hydrogen-bond donors (Lipinski definition) is 0. The lowest BCUT2D eigenvalue weighted by atomic mass is 10.1. The molecule has 0 radical (unpaired) electrons. The average molecular weight is 363 g/mol. The maximum absolute atomic E-state index is 12.4. The Morgan fingerprint density at radius 3 is 2.17 bits per heavy atom. The molecule has 1 aliphatic rings. The van der Waals surface area contributed by atoms with Gasteiger partial charge in [0.05, 0.1) is 10.7 Å². The minimum Gasteiger partial charge on any atom is -0.367 e. The molecule has 3 nitrogen and oxygen atoms in total. The highest BCUT2D eigenvalue weighted by molar-refractivity contribution is 6.33. The van der Waals surface area contributed by atoms with Crippen LogP contribution in [-0.4, -0.2) is 37.0 Å². The fourth-order valence-corrected chi connectivity index (χ4v) is 3.49. The monoisotopic (exact) mass is 362 g/mol. The van der Waals surface area contributed by atoms with Crippen LogP contribution in [-0.2, 0) is 11.2 Å². The Labute approximate surface area is 152 Å². The molecular weight excluding hydrogens is 343 g/mol. The highest BCUT2D eigenvalue weighted by Crippen LogP contribution is 2.26. The fraction of sp³-hybridized carbons (Fsp3) is 0.316. The third-order valence-corrected chi connectivity index (χ3v) is 5.08. The molecule has 1 fully saturated rings. The first-order chi connectivity index (χ1) is 11.6. The van der Waals surface area contributed by atoms with Crippen molar-refractivity contribution in [1.29, 1.82) is 0 Å². The van der Waals surface area contributed by atoms with Crippen LogP contribution in [0.15, 0.2) is 48.5 Å². The minimum absolute atomic E-state index is 0.189. The summed E-state index contributed by atoms with van der Waals surface area (Å²) < 4.78 is 0. The molecule has 3 rings (SSSR count). The summed E-state index contributed by atoms with van der Waals surface area (Å²) in [6.45, 7) is 3.07. The van der Waals surface area contributed by atoms with Gasteiger partial charge in [0, 0.05) is 37.6 Å².